The molecule has 0 radical (unpaired) electrons. The lowest BCUT2D eigenvalue weighted by molar-refractivity contribution is -0.157. The van der Waals surface area contributed by atoms with Crippen molar-refractivity contribution in [3.05, 3.63) is 28.6 Å². The standard InChI is InChI=1S/C17H20N2O4/c1-4-6-19-11(2)8-13(12(19)3)9-14(10-18)16(20)23-15-5-7-22-17(15)21/h8-9,15H,4-7H2,1-3H3/b14-9+/t15-/m0/s1. The van der Waals surface area contributed by atoms with Gasteiger partial charge in [0.2, 0.25) is 6.10 Å². The second-order valence-electron chi connectivity index (χ2n) is 5.50. The Morgan fingerprint density at radius 1 is 1.57 bits per heavy atom. The molecule has 2 heterocycles. The largest absolute Gasteiger partial charge is 0.463 e. The van der Waals surface area contributed by atoms with Gasteiger partial charge in [-0.1, -0.05) is 6.92 Å². The summed E-state index contributed by atoms with van der Waals surface area (Å²) in [6.45, 7) is 7.14. The van der Waals surface area contributed by atoms with Crippen molar-refractivity contribution in [2.24, 2.45) is 0 Å². The van der Waals surface area contributed by atoms with E-state index in [4.69, 9.17) is 9.47 Å². The molecule has 2 rings (SSSR count). The lowest BCUT2D eigenvalue weighted by Crippen LogP contribution is -2.23. The molecule has 1 fully saturated rings. The van der Waals surface area contributed by atoms with Gasteiger partial charge < -0.3 is 14.0 Å². The van der Waals surface area contributed by atoms with Crippen LogP contribution in [-0.4, -0.2) is 29.2 Å². The van der Waals surface area contributed by atoms with Gasteiger partial charge in [-0.15, -0.1) is 0 Å². The summed E-state index contributed by atoms with van der Waals surface area (Å²) < 4.78 is 11.9. The molecule has 0 N–H and O–H groups in total. The van der Waals surface area contributed by atoms with Crippen LogP contribution in [0.4, 0.5) is 0 Å². The van der Waals surface area contributed by atoms with Crippen LogP contribution in [0.2, 0.25) is 0 Å². The van der Waals surface area contributed by atoms with E-state index >= 15 is 0 Å². The molecule has 0 aromatic carbocycles. The number of nitriles is 1. The zero-order valence-corrected chi connectivity index (χ0v) is 13.6. The minimum absolute atomic E-state index is 0.124. The predicted molar refractivity (Wildman–Crippen MR) is 83.2 cm³/mol. The zero-order valence-electron chi connectivity index (χ0n) is 13.6. The van der Waals surface area contributed by atoms with Crippen molar-refractivity contribution < 1.29 is 19.1 Å². The highest BCUT2D eigenvalue weighted by Crippen LogP contribution is 2.20. The first-order chi connectivity index (χ1) is 11.0. The average molecular weight is 316 g/mol. The first-order valence-corrected chi connectivity index (χ1v) is 7.64. The third-order valence-electron chi connectivity index (χ3n) is 3.84. The molecule has 0 unspecified atom stereocenters. The smallest absolute Gasteiger partial charge is 0.349 e. The molecule has 0 saturated carbocycles. The summed E-state index contributed by atoms with van der Waals surface area (Å²) in [5.74, 6) is -1.35. The fourth-order valence-electron chi connectivity index (χ4n) is 2.61. The fourth-order valence-corrected chi connectivity index (χ4v) is 2.61. The van der Waals surface area contributed by atoms with Crippen molar-refractivity contribution in [3.8, 4) is 6.07 Å². The van der Waals surface area contributed by atoms with Gasteiger partial charge in [-0.05, 0) is 38.0 Å². The quantitative estimate of drug-likeness (QED) is 0.473. The van der Waals surface area contributed by atoms with Gasteiger partial charge in [0.15, 0.2) is 0 Å². The van der Waals surface area contributed by atoms with Crippen LogP contribution in [0, 0.1) is 25.2 Å². The van der Waals surface area contributed by atoms with Crippen molar-refractivity contribution in [1.29, 1.82) is 5.26 Å². The zero-order chi connectivity index (χ0) is 17.0. The highest BCUT2D eigenvalue weighted by atomic mass is 16.6. The maximum absolute atomic E-state index is 12.1. The van der Waals surface area contributed by atoms with E-state index in [0.717, 1.165) is 29.9 Å². The topological polar surface area (TPSA) is 81.3 Å². The summed E-state index contributed by atoms with van der Waals surface area (Å²) in [5.41, 5.74) is 2.74. The Labute approximate surface area is 135 Å². The summed E-state index contributed by atoms with van der Waals surface area (Å²) in [6.07, 6.45) is 1.92. The Morgan fingerprint density at radius 2 is 2.30 bits per heavy atom. The summed E-state index contributed by atoms with van der Waals surface area (Å²) in [6, 6.07) is 3.78. The summed E-state index contributed by atoms with van der Waals surface area (Å²) >= 11 is 0. The number of rotatable bonds is 5. The Bertz CT molecular complexity index is 694. The number of carbonyl (C=O) groups excluding carboxylic acids is 2. The lowest BCUT2D eigenvalue weighted by Gasteiger charge is -2.08. The Kier molecular flexibility index (Phi) is 5.22. The number of nitrogens with zero attached hydrogens (tertiary/aromatic N) is 2. The third-order valence-corrected chi connectivity index (χ3v) is 3.84. The van der Waals surface area contributed by atoms with Crippen LogP contribution in [0.1, 0.15) is 36.7 Å². The van der Waals surface area contributed by atoms with Gasteiger partial charge in [0.25, 0.3) is 0 Å². The minimum Gasteiger partial charge on any atom is -0.463 e. The molecule has 0 amide bonds. The maximum Gasteiger partial charge on any atom is 0.349 e. The Morgan fingerprint density at radius 3 is 2.87 bits per heavy atom. The highest BCUT2D eigenvalue weighted by molar-refractivity contribution is 5.99. The van der Waals surface area contributed by atoms with Crippen molar-refractivity contribution in [2.75, 3.05) is 6.61 Å². The van der Waals surface area contributed by atoms with E-state index < -0.39 is 18.0 Å². The predicted octanol–water partition coefficient (Wildman–Crippen LogP) is 2.28. The number of aromatic nitrogens is 1. The minimum atomic E-state index is -0.910. The van der Waals surface area contributed by atoms with Gasteiger partial charge in [0.05, 0.1) is 6.61 Å². The molecule has 122 valence electrons. The van der Waals surface area contributed by atoms with E-state index in [9.17, 15) is 14.9 Å². The van der Waals surface area contributed by atoms with Crippen molar-refractivity contribution in [1.82, 2.24) is 4.57 Å². The van der Waals surface area contributed by atoms with Crippen molar-refractivity contribution in [3.63, 3.8) is 0 Å². The molecule has 1 aromatic rings. The van der Waals surface area contributed by atoms with Crippen LogP contribution in [0.25, 0.3) is 6.08 Å². The third kappa shape index (κ3) is 3.62. The Balaban J connectivity index is 2.22. The molecular formula is C17H20N2O4. The van der Waals surface area contributed by atoms with E-state index in [-0.39, 0.29) is 12.2 Å². The molecule has 1 aliphatic rings. The first kappa shape index (κ1) is 16.8. The summed E-state index contributed by atoms with van der Waals surface area (Å²) in [4.78, 5) is 23.4. The normalized spacial score (nSPS) is 17.7. The lowest BCUT2D eigenvalue weighted by atomic mass is 10.1. The molecule has 6 nitrogen and oxygen atoms in total. The Hall–Kier alpha value is -2.55. The molecule has 1 saturated heterocycles. The number of aryl methyl sites for hydroxylation is 1. The van der Waals surface area contributed by atoms with Crippen LogP contribution >= 0.6 is 0 Å². The monoisotopic (exact) mass is 316 g/mol. The molecule has 23 heavy (non-hydrogen) atoms. The van der Waals surface area contributed by atoms with Gasteiger partial charge in [-0.3, -0.25) is 0 Å². The molecule has 1 aromatic heterocycles. The van der Waals surface area contributed by atoms with E-state index in [0.29, 0.717) is 6.42 Å². The van der Waals surface area contributed by atoms with Gasteiger partial charge >= 0.3 is 11.9 Å². The summed E-state index contributed by atoms with van der Waals surface area (Å²) in [5, 5.41) is 9.23. The van der Waals surface area contributed by atoms with Crippen LogP contribution in [0.15, 0.2) is 11.6 Å². The van der Waals surface area contributed by atoms with Gasteiger partial charge in [-0.25, -0.2) is 9.59 Å². The maximum atomic E-state index is 12.1. The van der Waals surface area contributed by atoms with Crippen LogP contribution in [-0.2, 0) is 25.6 Å². The van der Waals surface area contributed by atoms with Crippen molar-refractivity contribution >= 4 is 18.0 Å². The molecule has 0 spiro atoms. The van der Waals surface area contributed by atoms with E-state index in [1.807, 2.05) is 26.0 Å². The molecule has 0 bridgehead atoms. The number of hydrogen-bond acceptors (Lipinski definition) is 5. The molecule has 1 aliphatic heterocycles. The van der Waals surface area contributed by atoms with E-state index in [1.54, 1.807) is 0 Å². The molecular weight excluding hydrogens is 296 g/mol. The van der Waals surface area contributed by atoms with Crippen LogP contribution in [0.5, 0.6) is 0 Å². The van der Waals surface area contributed by atoms with Crippen molar-refractivity contribution in [2.45, 2.75) is 46.3 Å². The molecule has 1 atom stereocenters. The van der Waals surface area contributed by atoms with Gasteiger partial charge in [0, 0.05) is 24.4 Å². The number of carbonyl (C=O) groups is 2. The van der Waals surface area contributed by atoms with Gasteiger partial charge in [-0.2, -0.15) is 5.26 Å². The average Bonchev–Trinajstić information content (AvgIpc) is 3.03. The second-order valence-corrected chi connectivity index (χ2v) is 5.50. The van der Waals surface area contributed by atoms with Gasteiger partial charge in [0.1, 0.15) is 11.6 Å². The van der Waals surface area contributed by atoms with Crippen LogP contribution < -0.4 is 0 Å². The molecule has 0 aliphatic carbocycles. The number of esters is 2. The number of ether oxygens (including phenoxy) is 2. The summed E-state index contributed by atoms with van der Waals surface area (Å²) in [7, 11) is 0. The highest BCUT2D eigenvalue weighted by Gasteiger charge is 2.31. The number of hydrogen-bond donors (Lipinski definition) is 0. The van der Waals surface area contributed by atoms with E-state index in [2.05, 4.69) is 11.5 Å². The molecule has 6 heteroatoms. The van der Waals surface area contributed by atoms with E-state index in [1.165, 1.54) is 6.08 Å². The number of cyclic esters (lactones) is 1. The second kappa shape index (κ2) is 7.14. The van der Waals surface area contributed by atoms with Crippen LogP contribution in [0.3, 0.4) is 0 Å². The first-order valence-electron chi connectivity index (χ1n) is 7.64. The SMILES string of the molecule is CCCn1c(C)cc(/C=C(\C#N)C(=O)O[C@H]2CCOC2=O)c1C. The fraction of sp³-hybridized carbons (Fsp3) is 0.471.